The zero-order valence-electron chi connectivity index (χ0n) is 15.5. The molecule has 2 heterocycles. The van der Waals surface area contributed by atoms with Crippen molar-refractivity contribution in [2.45, 2.75) is 32.7 Å². The van der Waals surface area contributed by atoms with Gasteiger partial charge in [-0.2, -0.15) is 0 Å². The van der Waals surface area contributed by atoms with E-state index < -0.39 is 17.0 Å². The zero-order chi connectivity index (χ0) is 19.3. The van der Waals surface area contributed by atoms with E-state index in [1.165, 1.54) is 12.1 Å². The van der Waals surface area contributed by atoms with Crippen molar-refractivity contribution >= 4 is 5.97 Å². The SMILES string of the molecule is CCOC(=O)[C@@]1(Cc2ccc(F)cc2F)CCCN(Cc2ccncc2)C1. The average Bonchev–Trinajstić information content (AvgIpc) is 2.65. The molecule has 0 spiro atoms. The molecule has 0 aliphatic carbocycles. The van der Waals surface area contributed by atoms with Gasteiger partial charge in [0.1, 0.15) is 11.6 Å². The van der Waals surface area contributed by atoms with Crippen LogP contribution in [0.1, 0.15) is 30.9 Å². The third-order valence-electron chi connectivity index (χ3n) is 5.06. The third kappa shape index (κ3) is 4.69. The number of esters is 1. The fourth-order valence-corrected chi connectivity index (χ4v) is 3.81. The van der Waals surface area contributed by atoms with E-state index in [1.54, 1.807) is 19.3 Å². The Labute approximate surface area is 158 Å². The Kier molecular flexibility index (Phi) is 6.16. The largest absolute Gasteiger partial charge is 0.466 e. The summed E-state index contributed by atoms with van der Waals surface area (Å²) in [7, 11) is 0. The summed E-state index contributed by atoms with van der Waals surface area (Å²) in [5, 5.41) is 0. The van der Waals surface area contributed by atoms with Gasteiger partial charge in [-0.15, -0.1) is 0 Å². The Morgan fingerprint density at radius 2 is 2.04 bits per heavy atom. The molecule has 1 aromatic carbocycles. The van der Waals surface area contributed by atoms with Crippen LogP contribution in [-0.4, -0.2) is 35.5 Å². The maximum Gasteiger partial charge on any atom is 0.313 e. The maximum absolute atomic E-state index is 14.3. The molecule has 144 valence electrons. The highest BCUT2D eigenvalue weighted by molar-refractivity contribution is 5.77. The van der Waals surface area contributed by atoms with E-state index in [9.17, 15) is 13.6 Å². The Hall–Kier alpha value is -2.34. The molecule has 0 N–H and O–H groups in total. The summed E-state index contributed by atoms with van der Waals surface area (Å²) in [5.41, 5.74) is 0.618. The number of nitrogens with zero attached hydrogens (tertiary/aromatic N) is 2. The summed E-state index contributed by atoms with van der Waals surface area (Å²) < 4.78 is 32.9. The van der Waals surface area contributed by atoms with Crippen LogP contribution < -0.4 is 0 Å². The number of ether oxygens (including phenoxy) is 1. The summed E-state index contributed by atoms with van der Waals surface area (Å²) in [6, 6.07) is 7.41. The summed E-state index contributed by atoms with van der Waals surface area (Å²) in [5.74, 6) is -1.55. The molecule has 1 aliphatic heterocycles. The normalized spacial score (nSPS) is 20.4. The Balaban J connectivity index is 1.84. The lowest BCUT2D eigenvalue weighted by Gasteiger charge is -2.41. The highest BCUT2D eigenvalue weighted by Crippen LogP contribution is 2.36. The second-order valence-corrected chi connectivity index (χ2v) is 7.08. The third-order valence-corrected chi connectivity index (χ3v) is 5.06. The Morgan fingerprint density at radius 3 is 2.74 bits per heavy atom. The van der Waals surface area contributed by atoms with Crippen LogP contribution in [0.2, 0.25) is 0 Å². The molecule has 0 amide bonds. The van der Waals surface area contributed by atoms with E-state index in [2.05, 4.69) is 9.88 Å². The second kappa shape index (κ2) is 8.57. The first kappa shape index (κ1) is 19.4. The fourth-order valence-electron chi connectivity index (χ4n) is 3.81. The van der Waals surface area contributed by atoms with E-state index >= 15 is 0 Å². The van der Waals surface area contributed by atoms with Crippen molar-refractivity contribution in [1.29, 1.82) is 0 Å². The first-order chi connectivity index (χ1) is 13.0. The smallest absolute Gasteiger partial charge is 0.313 e. The van der Waals surface area contributed by atoms with E-state index in [1.807, 2.05) is 12.1 Å². The number of piperidine rings is 1. The van der Waals surface area contributed by atoms with Crippen molar-refractivity contribution in [1.82, 2.24) is 9.88 Å². The molecule has 1 fully saturated rings. The van der Waals surface area contributed by atoms with Crippen molar-refractivity contribution in [3.63, 3.8) is 0 Å². The number of hydrogen-bond donors (Lipinski definition) is 0. The number of pyridine rings is 1. The molecule has 6 heteroatoms. The van der Waals surface area contributed by atoms with E-state index in [0.717, 1.165) is 24.6 Å². The Bertz CT molecular complexity index is 785. The van der Waals surface area contributed by atoms with Gasteiger partial charge in [-0.25, -0.2) is 8.78 Å². The molecule has 0 unspecified atom stereocenters. The number of rotatable bonds is 6. The minimum atomic E-state index is -0.833. The molecule has 0 saturated carbocycles. The molecule has 4 nitrogen and oxygen atoms in total. The standard InChI is InChI=1S/C21H24F2N2O2/c1-2-27-20(26)21(13-17-4-5-18(22)12-19(17)23)8-3-11-25(15-21)14-16-6-9-24-10-7-16/h4-7,9-10,12H,2-3,8,11,13-15H2,1H3/t21-/m1/s1. The molecule has 1 aliphatic rings. The monoisotopic (exact) mass is 374 g/mol. The predicted molar refractivity (Wildman–Crippen MR) is 97.9 cm³/mol. The molecular formula is C21H24F2N2O2. The van der Waals surface area contributed by atoms with Crippen LogP contribution in [0.5, 0.6) is 0 Å². The average molecular weight is 374 g/mol. The lowest BCUT2D eigenvalue weighted by molar-refractivity contribution is -0.159. The van der Waals surface area contributed by atoms with E-state index in [0.29, 0.717) is 25.1 Å². The van der Waals surface area contributed by atoms with E-state index in [-0.39, 0.29) is 19.0 Å². The van der Waals surface area contributed by atoms with Gasteiger partial charge in [0.15, 0.2) is 0 Å². The quantitative estimate of drug-likeness (QED) is 0.723. The molecule has 0 bridgehead atoms. The van der Waals surface area contributed by atoms with Crippen LogP contribution in [0.15, 0.2) is 42.7 Å². The number of carbonyl (C=O) groups is 1. The van der Waals surface area contributed by atoms with Crippen LogP contribution in [0.4, 0.5) is 8.78 Å². The van der Waals surface area contributed by atoms with Crippen LogP contribution >= 0.6 is 0 Å². The van der Waals surface area contributed by atoms with Crippen molar-refractivity contribution in [2.75, 3.05) is 19.7 Å². The minimum absolute atomic E-state index is 0.199. The van der Waals surface area contributed by atoms with Crippen LogP contribution in [-0.2, 0) is 22.5 Å². The highest BCUT2D eigenvalue weighted by Gasteiger charge is 2.44. The lowest BCUT2D eigenvalue weighted by Crippen LogP contribution is -2.49. The van der Waals surface area contributed by atoms with Crippen molar-refractivity contribution in [2.24, 2.45) is 5.41 Å². The van der Waals surface area contributed by atoms with Gasteiger partial charge >= 0.3 is 5.97 Å². The fraction of sp³-hybridized carbons (Fsp3) is 0.429. The van der Waals surface area contributed by atoms with Gasteiger partial charge in [0.2, 0.25) is 0 Å². The van der Waals surface area contributed by atoms with Crippen LogP contribution in [0.3, 0.4) is 0 Å². The van der Waals surface area contributed by atoms with Gasteiger partial charge in [-0.1, -0.05) is 6.07 Å². The molecular weight excluding hydrogens is 350 g/mol. The van der Waals surface area contributed by atoms with Crippen LogP contribution in [0, 0.1) is 17.0 Å². The molecule has 27 heavy (non-hydrogen) atoms. The number of carbonyl (C=O) groups excluding carboxylic acids is 1. The molecule has 1 atom stereocenters. The predicted octanol–water partition coefficient (Wildman–Crippen LogP) is 3.75. The van der Waals surface area contributed by atoms with Crippen molar-refractivity contribution < 1.29 is 18.3 Å². The summed E-state index contributed by atoms with van der Waals surface area (Å²) >= 11 is 0. The minimum Gasteiger partial charge on any atom is -0.466 e. The van der Waals surface area contributed by atoms with Crippen LogP contribution in [0.25, 0.3) is 0 Å². The zero-order valence-corrected chi connectivity index (χ0v) is 15.5. The summed E-state index contributed by atoms with van der Waals surface area (Å²) in [4.78, 5) is 19.1. The van der Waals surface area contributed by atoms with E-state index in [4.69, 9.17) is 4.74 Å². The van der Waals surface area contributed by atoms with Gasteiger partial charge < -0.3 is 4.74 Å². The molecule has 1 aromatic heterocycles. The number of halogens is 2. The first-order valence-corrected chi connectivity index (χ1v) is 9.25. The van der Waals surface area contributed by atoms with Gasteiger partial charge in [0.05, 0.1) is 12.0 Å². The summed E-state index contributed by atoms with van der Waals surface area (Å²) in [6.45, 7) is 4.06. The van der Waals surface area contributed by atoms with Gasteiger partial charge in [-0.05, 0) is 62.1 Å². The van der Waals surface area contributed by atoms with Crippen molar-refractivity contribution in [3.05, 3.63) is 65.5 Å². The molecule has 0 radical (unpaired) electrons. The molecule has 1 saturated heterocycles. The number of likely N-dealkylation sites (tertiary alicyclic amines) is 1. The highest BCUT2D eigenvalue weighted by atomic mass is 19.1. The maximum atomic E-state index is 14.3. The van der Waals surface area contributed by atoms with Gasteiger partial charge in [0.25, 0.3) is 0 Å². The van der Waals surface area contributed by atoms with Gasteiger partial charge in [0, 0.05) is 31.5 Å². The number of benzene rings is 1. The number of hydrogen-bond acceptors (Lipinski definition) is 4. The van der Waals surface area contributed by atoms with Gasteiger partial charge in [-0.3, -0.25) is 14.7 Å². The summed E-state index contributed by atoms with van der Waals surface area (Å²) in [6.07, 6.45) is 5.12. The molecule has 3 rings (SSSR count). The molecule has 2 aromatic rings. The Morgan fingerprint density at radius 1 is 1.26 bits per heavy atom. The first-order valence-electron chi connectivity index (χ1n) is 9.25. The second-order valence-electron chi connectivity index (χ2n) is 7.08. The van der Waals surface area contributed by atoms with Crippen molar-refractivity contribution in [3.8, 4) is 0 Å². The topological polar surface area (TPSA) is 42.4 Å². The lowest BCUT2D eigenvalue weighted by atomic mass is 9.75. The number of aromatic nitrogens is 1.